The van der Waals surface area contributed by atoms with Gasteiger partial charge >= 0.3 is 0 Å². The fourth-order valence-electron chi connectivity index (χ4n) is 3.97. The lowest BCUT2D eigenvalue weighted by molar-refractivity contribution is -0.892. The summed E-state index contributed by atoms with van der Waals surface area (Å²) in [4.78, 5) is 16.3. The molecule has 0 saturated carbocycles. The monoisotopic (exact) mass is 386 g/mol. The third-order valence-electron chi connectivity index (χ3n) is 5.61. The van der Waals surface area contributed by atoms with Gasteiger partial charge in [-0.2, -0.15) is 0 Å². The van der Waals surface area contributed by atoms with Crippen LogP contribution in [0.15, 0.2) is 78.9 Å². The molecule has 0 unspecified atom stereocenters. The summed E-state index contributed by atoms with van der Waals surface area (Å²) in [5.74, 6) is 0.0804. The summed E-state index contributed by atoms with van der Waals surface area (Å²) in [6, 6.07) is 26.9. The smallest absolute Gasteiger partial charge is 0.279 e. The molecule has 0 spiro atoms. The van der Waals surface area contributed by atoms with Crippen molar-refractivity contribution in [2.75, 3.05) is 42.9 Å². The summed E-state index contributed by atoms with van der Waals surface area (Å²) in [5, 5.41) is 3.05. The summed E-state index contributed by atoms with van der Waals surface area (Å²) in [6.45, 7) is 6.61. The Balaban J connectivity index is 1.28. The fourth-order valence-corrected chi connectivity index (χ4v) is 3.97. The van der Waals surface area contributed by atoms with Crippen molar-refractivity contribution >= 4 is 17.3 Å². The Kier molecular flexibility index (Phi) is 5.92. The van der Waals surface area contributed by atoms with Crippen molar-refractivity contribution in [2.45, 2.75) is 6.92 Å². The lowest BCUT2D eigenvalue weighted by Crippen LogP contribution is -3.15. The number of nitrogens with zero attached hydrogens (tertiary/aromatic N) is 1. The van der Waals surface area contributed by atoms with Gasteiger partial charge < -0.3 is 15.1 Å². The molecule has 4 heteroatoms. The Morgan fingerprint density at radius 3 is 2.17 bits per heavy atom. The third-order valence-corrected chi connectivity index (χ3v) is 5.61. The number of nitrogens with one attached hydrogen (secondary N) is 2. The molecule has 29 heavy (non-hydrogen) atoms. The van der Waals surface area contributed by atoms with Crippen LogP contribution in [0.4, 0.5) is 11.4 Å². The Hall–Kier alpha value is -3.11. The highest BCUT2D eigenvalue weighted by molar-refractivity contribution is 5.91. The molecule has 0 bridgehead atoms. The molecule has 3 aromatic carbocycles. The van der Waals surface area contributed by atoms with Crippen molar-refractivity contribution in [3.63, 3.8) is 0 Å². The van der Waals surface area contributed by atoms with Crippen molar-refractivity contribution in [1.29, 1.82) is 0 Å². The van der Waals surface area contributed by atoms with E-state index < -0.39 is 0 Å². The highest BCUT2D eigenvalue weighted by atomic mass is 16.2. The van der Waals surface area contributed by atoms with Crippen LogP contribution in [0.5, 0.6) is 0 Å². The minimum atomic E-state index is 0.0804. The van der Waals surface area contributed by atoms with Crippen molar-refractivity contribution in [3.05, 3.63) is 84.4 Å². The largest absolute Gasteiger partial charge is 0.360 e. The van der Waals surface area contributed by atoms with E-state index in [0.717, 1.165) is 37.4 Å². The minimum Gasteiger partial charge on any atom is -0.360 e. The van der Waals surface area contributed by atoms with Crippen molar-refractivity contribution < 1.29 is 9.69 Å². The first-order valence-electron chi connectivity index (χ1n) is 10.3. The highest BCUT2D eigenvalue weighted by Crippen LogP contribution is 2.21. The minimum absolute atomic E-state index is 0.0804. The van der Waals surface area contributed by atoms with Gasteiger partial charge in [0.25, 0.3) is 5.91 Å². The van der Waals surface area contributed by atoms with E-state index in [0.29, 0.717) is 6.54 Å². The normalized spacial score (nSPS) is 14.6. The van der Waals surface area contributed by atoms with Crippen molar-refractivity contribution in [3.8, 4) is 11.1 Å². The molecule has 2 N–H and O–H groups in total. The van der Waals surface area contributed by atoms with Gasteiger partial charge in [0.2, 0.25) is 0 Å². The average molecular weight is 387 g/mol. The van der Waals surface area contributed by atoms with Crippen LogP contribution in [-0.2, 0) is 4.79 Å². The van der Waals surface area contributed by atoms with E-state index in [1.807, 2.05) is 30.3 Å². The molecule has 0 radical (unpaired) electrons. The summed E-state index contributed by atoms with van der Waals surface area (Å²) in [5.41, 5.74) is 5.82. The number of carbonyl (C=O) groups is 1. The molecule has 0 atom stereocenters. The SMILES string of the molecule is Cc1ccccc1N1CC[NH+](CC(=O)Nc2ccc(-c3ccccc3)cc2)CC1. The number of benzene rings is 3. The van der Waals surface area contributed by atoms with Crippen LogP contribution in [0, 0.1) is 6.92 Å². The first-order valence-corrected chi connectivity index (χ1v) is 10.3. The van der Waals surface area contributed by atoms with Crippen LogP contribution in [0.3, 0.4) is 0 Å². The number of aryl methyl sites for hydroxylation is 1. The standard InChI is InChI=1S/C25H27N3O/c1-20-7-5-6-10-24(20)28-17-15-27(16-18-28)19-25(29)26-23-13-11-22(12-14-23)21-8-3-2-4-9-21/h2-14H,15-19H2,1H3,(H,26,29)/p+1. The van der Waals surface area contributed by atoms with Crippen LogP contribution in [0.25, 0.3) is 11.1 Å². The number of hydrogen-bond donors (Lipinski definition) is 2. The highest BCUT2D eigenvalue weighted by Gasteiger charge is 2.23. The maximum atomic E-state index is 12.5. The zero-order valence-corrected chi connectivity index (χ0v) is 16.9. The van der Waals surface area contributed by atoms with E-state index in [1.54, 1.807) is 0 Å². The van der Waals surface area contributed by atoms with Gasteiger partial charge in [-0.1, -0.05) is 60.7 Å². The van der Waals surface area contributed by atoms with Gasteiger partial charge in [0.05, 0.1) is 26.2 Å². The molecule has 0 aliphatic carbocycles. The number of hydrogen-bond acceptors (Lipinski definition) is 2. The van der Waals surface area contributed by atoms with Gasteiger partial charge in [-0.05, 0) is 41.8 Å². The Morgan fingerprint density at radius 1 is 0.862 bits per heavy atom. The summed E-state index contributed by atoms with van der Waals surface area (Å²) in [7, 11) is 0. The van der Waals surface area contributed by atoms with E-state index >= 15 is 0 Å². The molecule has 4 nitrogen and oxygen atoms in total. The van der Waals surface area contributed by atoms with Gasteiger partial charge in [-0.25, -0.2) is 0 Å². The number of carbonyl (C=O) groups excluding carboxylic acids is 1. The molecule has 1 amide bonds. The van der Waals surface area contributed by atoms with E-state index in [9.17, 15) is 4.79 Å². The number of anilines is 2. The van der Waals surface area contributed by atoms with Crippen LogP contribution in [0.1, 0.15) is 5.56 Å². The van der Waals surface area contributed by atoms with E-state index in [2.05, 4.69) is 65.7 Å². The lowest BCUT2D eigenvalue weighted by Gasteiger charge is -2.34. The Bertz CT molecular complexity index is 945. The fraction of sp³-hybridized carbons (Fsp3) is 0.240. The molecule has 4 rings (SSSR count). The summed E-state index contributed by atoms with van der Waals surface area (Å²) >= 11 is 0. The van der Waals surface area contributed by atoms with Crippen LogP contribution < -0.4 is 15.1 Å². The molecule has 1 aliphatic heterocycles. The summed E-state index contributed by atoms with van der Waals surface area (Å²) in [6.07, 6.45) is 0. The van der Waals surface area contributed by atoms with Gasteiger partial charge in [0.15, 0.2) is 6.54 Å². The van der Waals surface area contributed by atoms with Gasteiger partial charge in [-0.15, -0.1) is 0 Å². The van der Waals surface area contributed by atoms with Crippen LogP contribution in [0.2, 0.25) is 0 Å². The molecular formula is C25H28N3O+. The molecule has 3 aromatic rings. The third kappa shape index (κ3) is 4.84. The molecule has 1 fully saturated rings. The average Bonchev–Trinajstić information content (AvgIpc) is 2.76. The number of rotatable bonds is 5. The zero-order valence-electron chi connectivity index (χ0n) is 16.9. The molecule has 0 aromatic heterocycles. The first-order chi connectivity index (χ1) is 14.2. The second-order valence-electron chi connectivity index (χ2n) is 7.69. The molecule has 148 valence electrons. The zero-order chi connectivity index (χ0) is 20.1. The number of para-hydroxylation sites is 1. The van der Waals surface area contributed by atoms with Crippen LogP contribution >= 0.6 is 0 Å². The van der Waals surface area contributed by atoms with Gasteiger partial charge in [0.1, 0.15) is 0 Å². The molecule has 1 heterocycles. The topological polar surface area (TPSA) is 36.8 Å². The van der Waals surface area contributed by atoms with E-state index in [4.69, 9.17) is 0 Å². The van der Waals surface area contributed by atoms with Crippen molar-refractivity contribution in [1.82, 2.24) is 0 Å². The number of quaternary nitrogens is 1. The van der Waals surface area contributed by atoms with Crippen LogP contribution in [-0.4, -0.2) is 38.6 Å². The van der Waals surface area contributed by atoms with Gasteiger partial charge in [-0.3, -0.25) is 4.79 Å². The summed E-state index contributed by atoms with van der Waals surface area (Å²) < 4.78 is 0. The molecule has 1 saturated heterocycles. The first kappa shape index (κ1) is 19.2. The van der Waals surface area contributed by atoms with E-state index in [-0.39, 0.29) is 5.91 Å². The second-order valence-corrected chi connectivity index (χ2v) is 7.69. The predicted octanol–water partition coefficient (Wildman–Crippen LogP) is 3.01. The molecule has 1 aliphatic rings. The maximum Gasteiger partial charge on any atom is 0.279 e. The van der Waals surface area contributed by atoms with E-state index in [1.165, 1.54) is 21.7 Å². The lowest BCUT2D eigenvalue weighted by atomic mass is 10.1. The molecular weight excluding hydrogens is 358 g/mol. The quantitative estimate of drug-likeness (QED) is 0.707. The Labute approximate surface area is 172 Å². The number of piperazine rings is 1. The maximum absolute atomic E-state index is 12.5. The van der Waals surface area contributed by atoms with Gasteiger partial charge in [0, 0.05) is 11.4 Å². The second kappa shape index (κ2) is 8.93. The number of amides is 1. The predicted molar refractivity (Wildman–Crippen MR) is 119 cm³/mol. The Morgan fingerprint density at radius 2 is 1.48 bits per heavy atom. The van der Waals surface area contributed by atoms with Crippen molar-refractivity contribution in [2.24, 2.45) is 0 Å².